The van der Waals surface area contributed by atoms with Crippen LogP contribution >= 0.6 is 11.3 Å². The van der Waals surface area contributed by atoms with Gasteiger partial charge in [0.25, 0.3) is 10.2 Å². The average molecular weight is 572 g/mol. The Kier molecular flexibility index (Phi) is 9.58. The van der Waals surface area contributed by atoms with Gasteiger partial charge >= 0.3 is 5.97 Å². The fourth-order valence-corrected chi connectivity index (χ4v) is 7.17. The molecule has 8 atom stereocenters. The van der Waals surface area contributed by atoms with E-state index in [1.807, 2.05) is 19.2 Å². The second kappa shape index (κ2) is 11.8. The van der Waals surface area contributed by atoms with Crippen LogP contribution in [0, 0.1) is 24.2 Å². The number of aliphatic hydroxyl groups excluding tert-OH is 2. The van der Waals surface area contributed by atoms with Gasteiger partial charge in [0, 0.05) is 29.8 Å². The van der Waals surface area contributed by atoms with Crippen molar-refractivity contribution in [2.45, 2.75) is 104 Å². The average Bonchev–Trinajstić information content (AvgIpc) is 3.36. The van der Waals surface area contributed by atoms with E-state index in [0.29, 0.717) is 30.5 Å². The zero-order valence-corrected chi connectivity index (χ0v) is 24.6. The molecule has 12 heteroatoms. The number of hydrogen-bond donors (Lipinski definition) is 3. The Morgan fingerprint density at radius 2 is 1.89 bits per heavy atom. The summed E-state index contributed by atoms with van der Waals surface area (Å²) in [7, 11) is -3.97. The van der Waals surface area contributed by atoms with Gasteiger partial charge in [-0.15, -0.1) is 11.3 Å². The fraction of sp³-hybridized carbons (Fsp3) is 0.731. The highest BCUT2D eigenvalue weighted by atomic mass is 32.2. The van der Waals surface area contributed by atoms with E-state index >= 15 is 0 Å². The third kappa shape index (κ3) is 7.08. The number of aliphatic hydroxyl groups is 2. The van der Waals surface area contributed by atoms with Gasteiger partial charge in [-0.1, -0.05) is 34.1 Å². The Bertz CT molecular complexity index is 1160. The number of Topliss-reactive ketones (excluding diaryl/α,β-unsaturated/α-hetero) is 1. The third-order valence-corrected chi connectivity index (χ3v) is 9.97. The number of hydrogen-bond acceptors (Lipinski definition) is 9. The number of aryl methyl sites for hydroxylation is 1. The summed E-state index contributed by atoms with van der Waals surface area (Å²) >= 11 is 1.48. The molecule has 4 N–H and O–H groups in total. The van der Waals surface area contributed by atoms with Crippen LogP contribution in [0.4, 0.5) is 0 Å². The number of nitrogens with zero attached hydrogens (tertiary/aromatic N) is 2. The molecular formula is C26H41N3O7S2. The number of aromatic nitrogens is 1. The highest BCUT2D eigenvalue weighted by Crippen LogP contribution is 2.40. The van der Waals surface area contributed by atoms with Crippen LogP contribution in [0.5, 0.6) is 0 Å². The van der Waals surface area contributed by atoms with Crippen molar-refractivity contribution in [2.24, 2.45) is 22.4 Å². The van der Waals surface area contributed by atoms with Gasteiger partial charge in [0.05, 0.1) is 34.7 Å². The first-order valence-corrected chi connectivity index (χ1v) is 15.4. The summed E-state index contributed by atoms with van der Waals surface area (Å²) < 4.78 is 31.6. The maximum Gasteiger partial charge on any atom is 0.309 e. The Labute approximate surface area is 229 Å². The number of cyclic esters (lactones) is 1. The van der Waals surface area contributed by atoms with Crippen LogP contribution in [0.15, 0.2) is 11.0 Å². The first-order chi connectivity index (χ1) is 17.5. The molecule has 1 aromatic heterocycles. The molecule has 10 nitrogen and oxygen atoms in total. The van der Waals surface area contributed by atoms with Crippen LogP contribution < -0.4 is 5.14 Å². The Morgan fingerprint density at radius 3 is 2.47 bits per heavy atom. The molecule has 3 rings (SSSR count). The molecule has 0 amide bonds. The molecule has 0 spiro atoms. The standard InChI is InChI=1S/C26H41N3O7S2/c1-14-8-7-9-19-20(29(19)38(27,34)35)11-21(15(2)10-18-13-37-17(4)28-18)36-23(31)12-22(30)26(5,6)25(33)16(3)24(14)32/h10,13-14,16,19-22,24,30,32H,7-9,11-12H2,1-6H3,(H2,27,34,35)/b15-10+/t14?,16-,19-,20?,21+,22?,24+,29?/m1/s1. The van der Waals surface area contributed by atoms with E-state index in [-0.39, 0.29) is 24.2 Å². The molecule has 214 valence electrons. The van der Waals surface area contributed by atoms with Gasteiger partial charge in [-0.25, -0.2) is 10.1 Å². The predicted molar refractivity (Wildman–Crippen MR) is 145 cm³/mol. The molecule has 3 heterocycles. The van der Waals surface area contributed by atoms with Gasteiger partial charge < -0.3 is 14.9 Å². The van der Waals surface area contributed by atoms with Crippen LogP contribution in [-0.2, 0) is 24.5 Å². The normalized spacial score (nSPS) is 35.9. The molecular weight excluding hydrogens is 530 g/mol. The predicted octanol–water partition coefficient (Wildman–Crippen LogP) is 2.58. The maximum atomic E-state index is 13.2. The van der Waals surface area contributed by atoms with Crippen molar-refractivity contribution in [3.8, 4) is 0 Å². The highest BCUT2D eigenvalue weighted by Gasteiger charge is 2.54. The number of ketones is 1. The van der Waals surface area contributed by atoms with Crippen molar-refractivity contribution in [2.75, 3.05) is 0 Å². The maximum absolute atomic E-state index is 13.2. The molecule has 2 aliphatic heterocycles. The summed E-state index contributed by atoms with van der Waals surface area (Å²) in [5.41, 5.74) is 0.0953. The molecule has 2 saturated heterocycles. The largest absolute Gasteiger partial charge is 0.458 e. The van der Waals surface area contributed by atoms with Gasteiger partial charge in [-0.3, -0.25) is 9.59 Å². The Balaban J connectivity index is 1.94. The highest BCUT2D eigenvalue weighted by molar-refractivity contribution is 7.87. The van der Waals surface area contributed by atoms with Crippen molar-refractivity contribution < 1.29 is 33.0 Å². The van der Waals surface area contributed by atoms with Gasteiger partial charge in [-0.05, 0) is 44.3 Å². The Hall–Kier alpha value is -1.70. The van der Waals surface area contributed by atoms with Crippen molar-refractivity contribution in [1.82, 2.24) is 9.29 Å². The molecule has 0 saturated carbocycles. The summed E-state index contributed by atoms with van der Waals surface area (Å²) in [6.07, 6.45) is 0.259. The van der Waals surface area contributed by atoms with Crippen LogP contribution in [0.3, 0.4) is 0 Å². The number of esters is 1. The van der Waals surface area contributed by atoms with E-state index in [9.17, 15) is 28.2 Å². The number of rotatable bonds is 3. The Morgan fingerprint density at radius 1 is 1.24 bits per heavy atom. The summed E-state index contributed by atoms with van der Waals surface area (Å²) in [5, 5.41) is 30.0. The zero-order chi connectivity index (χ0) is 28.6. The van der Waals surface area contributed by atoms with Gasteiger partial charge in [0.2, 0.25) is 0 Å². The number of fused-ring (bicyclic) bond motifs is 1. The lowest BCUT2D eigenvalue weighted by molar-refractivity contribution is -0.154. The van der Waals surface area contributed by atoms with Crippen molar-refractivity contribution >= 4 is 39.4 Å². The van der Waals surface area contributed by atoms with E-state index in [1.54, 1.807) is 33.8 Å². The molecule has 0 aromatic carbocycles. The summed E-state index contributed by atoms with van der Waals surface area (Å²) in [6.45, 7) is 10.3. The molecule has 2 aliphatic rings. The molecule has 38 heavy (non-hydrogen) atoms. The quantitative estimate of drug-likeness (QED) is 0.369. The zero-order valence-electron chi connectivity index (χ0n) is 23.0. The van der Waals surface area contributed by atoms with E-state index in [4.69, 9.17) is 9.88 Å². The SMILES string of the molecule is C/C(=C\c1csc(C)n1)[C@@H]1CC2[C@@H](CCCC(C)[C@H](O)[C@@H](C)C(=O)C(C)(C)C(O)CC(=O)O1)N2S(N)(=O)=O. The molecule has 0 bridgehead atoms. The lowest BCUT2D eigenvalue weighted by Gasteiger charge is -2.34. The van der Waals surface area contributed by atoms with E-state index in [2.05, 4.69) is 4.98 Å². The van der Waals surface area contributed by atoms with Gasteiger partial charge in [0.1, 0.15) is 11.9 Å². The fourth-order valence-electron chi connectivity index (χ4n) is 5.42. The number of carbonyl (C=O) groups excluding carboxylic acids is 2. The lowest BCUT2D eigenvalue weighted by atomic mass is 9.73. The lowest BCUT2D eigenvalue weighted by Crippen LogP contribution is -2.45. The van der Waals surface area contributed by atoms with Crippen molar-refractivity contribution in [1.29, 1.82) is 0 Å². The molecule has 0 radical (unpaired) electrons. The van der Waals surface area contributed by atoms with E-state index in [0.717, 1.165) is 5.01 Å². The summed E-state index contributed by atoms with van der Waals surface area (Å²) in [5.74, 6) is -2.02. The van der Waals surface area contributed by atoms with Crippen molar-refractivity contribution in [3.05, 3.63) is 21.7 Å². The minimum absolute atomic E-state index is 0.200. The van der Waals surface area contributed by atoms with Crippen LogP contribution in [0.1, 0.15) is 77.4 Å². The minimum Gasteiger partial charge on any atom is -0.458 e. The minimum atomic E-state index is -3.97. The number of ether oxygens (including phenoxy) is 1. The first-order valence-electron chi connectivity index (χ1n) is 13.1. The second-order valence-electron chi connectivity index (χ2n) is 11.4. The molecule has 0 aliphatic carbocycles. The number of carbonyl (C=O) groups is 2. The number of thiazole rings is 1. The summed E-state index contributed by atoms with van der Waals surface area (Å²) in [6, 6.07) is -0.792. The van der Waals surface area contributed by atoms with Crippen LogP contribution in [0.2, 0.25) is 0 Å². The topological polar surface area (TPSA) is 160 Å². The second-order valence-corrected chi connectivity index (χ2v) is 13.9. The van der Waals surface area contributed by atoms with Crippen LogP contribution in [0.25, 0.3) is 6.08 Å². The first kappa shape index (κ1) is 30.8. The van der Waals surface area contributed by atoms with E-state index < -0.39 is 58.3 Å². The van der Waals surface area contributed by atoms with Crippen LogP contribution in [-0.4, -0.2) is 70.1 Å². The van der Waals surface area contributed by atoms with E-state index in [1.165, 1.54) is 15.6 Å². The smallest absolute Gasteiger partial charge is 0.309 e. The van der Waals surface area contributed by atoms with Gasteiger partial charge in [-0.2, -0.15) is 12.7 Å². The van der Waals surface area contributed by atoms with Crippen molar-refractivity contribution in [3.63, 3.8) is 0 Å². The monoisotopic (exact) mass is 571 g/mol. The van der Waals surface area contributed by atoms with Gasteiger partial charge in [0.15, 0.2) is 0 Å². The molecule has 2 fully saturated rings. The third-order valence-electron chi connectivity index (χ3n) is 8.05. The number of nitrogens with two attached hydrogens (primary N) is 1. The molecule has 1 aromatic rings. The summed E-state index contributed by atoms with van der Waals surface area (Å²) in [4.78, 5) is 30.7. The molecule has 4 unspecified atom stereocenters.